The molecule has 0 radical (unpaired) electrons. The number of rotatable bonds is 4. The van der Waals surface area contributed by atoms with Gasteiger partial charge < -0.3 is 9.84 Å². The summed E-state index contributed by atoms with van der Waals surface area (Å²) in [6, 6.07) is 4.91. The second kappa shape index (κ2) is 5.26. The zero-order chi connectivity index (χ0) is 14.1. The van der Waals surface area contributed by atoms with Crippen molar-refractivity contribution in [1.82, 2.24) is 9.38 Å². The SMILES string of the molecule is O=C(O)c1cccc(Br)c1OCc1cn2ccsc2n1. The van der Waals surface area contributed by atoms with Crippen LogP contribution in [0.4, 0.5) is 0 Å². The van der Waals surface area contributed by atoms with E-state index in [1.807, 2.05) is 22.2 Å². The number of hydrogen-bond acceptors (Lipinski definition) is 4. The molecule has 5 nitrogen and oxygen atoms in total. The minimum absolute atomic E-state index is 0.125. The Morgan fingerprint density at radius 3 is 3.10 bits per heavy atom. The number of carbonyl (C=O) groups is 1. The molecule has 0 fully saturated rings. The number of carboxylic acid groups (broad SMARTS) is 1. The summed E-state index contributed by atoms with van der Waals surface area (Å²) < 4.78 is 8.13. The van der Waals surface area contributed by atoms with Crippen LogP contribution in [0.2, 0.25) is 0 Å². The number of aromatic nitrogens is 2. The average molecular weight is 353 g/mol. The van der Waals surface area contributed by atoms with Crippen molar-refractivity contribution < 1.29 is 14.6 Å². The van der Waals surface area contributed by atoms with E-state index in [4.69, 9.17) is 9.84 Å². The Bertz CT molecular complexity index is 752. The molecule has 2 heterocycles. The van der Waals surface area contributed by atoms with Crippen LogP contribution in [-0.2, 0) is 6.61 Å². The van der Waals surface area contributed by atoms with Crippen LogP contribution < -0.4 is 4.74 Å². The summed E-state index contributed by atoms with van der Waals surface area (Å²) in [5.41, 5.74) is 0.879. The van der Waals surface area contributed by atoms with Gasteiger partial charge in [0.2, 0.25) is 0 Å². The molecule has 0 saturated carbocycles. The van der Waals surface area contributed by atoms with Crippen molar-refractivity contribution in [2.75, 3.05) is 0 Å². The number of hydrogen-bond donors (Lipinski definition) is 1. The third kappa shape index (κ3) is 2.41. The Hall–Kier alpha value is -1.86. The van der Waals surface area contributed by atoms with E-state index in [0.717, 1.165) is 10.7 Å². The predicted molar refractivity (Wildman–Crippen MR) is 78.5 cm³/mol. The van der Waals surface area contributed by atoms with Gasteiger partial charge in [0, 0.05) is 17.8 Å². The summed E-state index contributed by atoms with van der Waals surface area (Å²) in [6.45, 7) is 0.220. The highest BCUT2D eigenvalue weighted by molar-refractivity contribution is 9.10. The molecule has 3 aromatic rings. The fourth-order valence-electron chi connectivity index (χ4n) is 1.82. The molecule has 1 aromatic carbocycles. The number of para-hydroxylation sites is 1. The Balaban J connectivity index is 1.84. The molecule has 1 N–H and O–H groups in total. The summed E-state index contributed by atoms with van der Waals surface area (Å²) in [7, 11) is 0. The minimum atomic E-state index is -1.02. The van der Waals surface area contributed by atoms with Gasteiger partial charge in [-0.3, -0.25) is 4.40 Å². The number of nitrogens with zero attached hydrogens (tertiary/aromatic N) is 2. The minimum Gasteiger partial charge on any atom is -0.485 e. The van der Waals surface area contributed by atoms with Crippen LogP contribution in [0.1, 0.15) is 16.1 Å². The molecular weight excluding hydrogens is 344 g/mol. The highest BCUT2D eigenvalue weighted by Gasteiger charge is 2.15. The van der Waals surface area contributed by atoms with Gasteiger partial charge in [-0.1, -0.05) is 6.07 Å². The molecule has 102 valence electrons. The van der Waals surface area contributed by atoms with Crippen LogP contribution in [0, 0.1) is 0 Å². The summed E-state index contributed by atoms with van der Waals surface area (Å²) in [5, 5.41) is 11.1. The molecule has 0 amide bonds. The molecule has 20 heavy (non-hydrogen) atoms. The molecule has 0 aliphatic carbocycles. The maximum Gasteiger partial charge on any atom is 0.339 e. The number of benzene rings is 1. The molecule has 0 unspecified atom stereocenters. The van der Waals surface area contributed by atoms with Gasteiger partial charge in [0.25, 0.3) is 0 Å². The van der Waals surface area contributed by atoms with Gasteiger partial charge in [-0.15, -0.1) is 11.3 Å². The highest BCUT2D eigenvalue weighted by atomic mass is 79.9. The number of fused-ring (bicyclic) bond motifs is 1. The largest absolute Gasteiger partial charge is 0.485 e. The van der Waals surface area contributed by atoms with Crippen LogP contribution in [0.5, 0.6) is 5.75 Å². The van der Waals surface area contributed by atoms with Gasteiger partial charge in [0.05, 0.1) is 10.2 Å². The van der Waals surface area contributed by atoms with E-state index in [1.165, 1.54) is 17.4 Å². The van der Waals surface area contributed by atoms with Crippen molar-refractivity contribution in [3.05, 3.63) is 51.7 Å². The van der Waals surface area contributed by atoms with Crippen LogP contribution in [-0.4, -0.2) is 20.5 Å². The Morgan fingerprint density at radius 2 is 2.35 bits per heavy atom. The van der Waals surface area contributed by atoms with Crippen LogP contribution in [0.25, 0.3) is 4.96 Å². The molecule has 0 saturated heterocycles. The summed E-state index contributed by atoms with van der Waals surface area (Å²) in [5.74, 6) is -0.705. The number of imidazole rings is 1. The van der Waals surface area contributed by atoms with Crippen molar-refractivity contribution in [3.63, 3.8) is 0 Å². The average Bonchev–Trinajstić information content (AvgIpc) is 2.97. The number of carboxylic acids is 1. The first-order valence-electron chi connectivity index (χ1n) is 5.71. The third-order valence-corrected chi connectivity index (χ3v) is 4.10. The third-order valence-electron chi connectivity index (χ3n) is 2.70. The molecule has 2 aromatic heterocycles. The second-order valence-electron chi connectivity index (χ2n) is 4.04. The second-order valence-corrected chi connectivity index (χ2v) is 5.76. The van der Waals surface area contributed by atoms with E-state index in [0.29, 0.717) is 10.2 Å². The smallest absolute Gasteiger partial charge is 0.339 e. The van der Waals surface area contributed by atoms with E-state index in [-0.39, 0.29) is 12.2 Å². The molecule has 0 aliphatic heterocycles. The number of aromatic carboxylic acids is 1. The summed E-state index contributed by atoms with van der Waals surface area (Å²) in [6.07, 6.45) is 3.78. The molecule has 0 atom stereocenters. The van der Waals surface area contributed by atoms with E-state index in [9.17, 15) is 4.79 Å². The van der Waals surface area contributed by atoms with Crippen molar-refractivity contribution in [2.45, 2.75) is 6.61 Å². The first-order valence-corrected chi connectivity index (χ1v) is 7.38. The molecule has 7 heteroatoms. The highest BCUT2D eigenvalue weighted by Crippen LogP contribution is 2.29. The molecule has 3 rings (SSSR count). The van der Waals surface area contributed by atoms with E-state index >= 15 is 0 Å². The lowest BCUT2D eigenvalue weighted by atomic mass is 10.2. The lowest BCUT2D eigenvalue weighted by Gasteiger charge is -2.09. The van der Waals surface area contributed by atoms with Gasteiger partial charge in [-0.05, 0) is 28.1 Å². The predicted octanol–water partition coefficient (Wildman–Crippen LogP) is 3.44. The van der Waals surface area contributed by atoms with Crippen molar-refractivity contribution in [2.24, 2.45) is 0 Å². The number of thiazole rings is 1. The monoisotopic (exact) mass is 352 g/mol. The van der Waals surface area contributed by atoms with Gasteiger partial charge >= 0.3 is 5.97 Å². The quantitative estimate of drug-likeness (QED) is 0.781. The lowest BCUT2D eigenvalue weighted by Crippen LogP contribution is -2.04. The zero-order valence-electron chi connectivity index (χ0n) is 10.1. The van der Waals surface area contributed by atoms with Crippen LogP contribution in [0.3, 0.4) is 0 Å². The topological polar surface area (TPSA) is 63.8 Å². The van der Waals surface area contributed by atoms with Gasteiger partial charge in [-0.2, -0.15) is 0 Å². The Labute approximate surface area is 126 Å². The van der Waals surface area contributed by atoms with E-state index in [1.54, 1.807) is 12.1 Å². The molecule has 0 spiro atoms. The van der Waals surface area contributed by atoms with Gasteiger partial charge in [0.1, 0.15) is 17.9 Å². The van der Waals surface area contributed by atoms with Crippen molar-refractivity contribution in [3.8, 4) is 5.75 Å². The fourth-order valence-corrected chi connectivity index (χ4v) is 3.02. The molecular formula is C13H9BrN2O3S. The van der Waals surface area contributed by atoms with E-state index < -0.39 is 5.97 Å². The standard InChI is InChI=1S/C13H9BrN2O3S/c14-10-3-1-2-9(12(17)18)11(10)19-7-8-6-16-4-5-20-13(16)15-8/h1-6H,7H2,(H,17,18). The molecule has 0 bridgehead atoms. The van der Waals surface area contributed by atoms with Crippen molar-refractivity contribution >= 4 is 38.2 Å². The van der Waals surface area contributed by atoms with Crippen LogP contribution in [0.15, 0.2) is 40.4 Å². The maximum atomic E-state index is 11.2. The Kier molecular flexibility index (Phi) is 3.45. The van der Waals surface area contributed by atoms with Crippen LogP contribution >= 0.6 is 27.3 Å². The Morgan fingerprint density at radius 1 is 1.50 bits per heavy atom. The normalized spacial score (nSPS) is 10.8. The van der Waals surface area contributed by atoms with Gasteiger partial charge in [-0.25, -0.2) is 9.78 Å². The van der Waals surface area contributed by atoms with E-state index in [2.05, 4.69) is 20.9 Å². The van der Waals surface area contributed by atoms with Crippen molar-refractivity contribution in [1.29, 1.82) is 0 Å². The summed E-state index contributed by atoms with van der Waals surface area (Å²) in [4.78, 5) is 16.4. The fraction of sp³-hybridized carbons (Fsp3) is 0.0769. The maximum absolute atomic E-state index is 11.2. The lowest BCUT2D eigenvalue weighted by molar-refractivity contribution is 0.0691. The van der Waals surface area contributed by atoms with Gasteiger partial charge in [0.15, 0.2) is 4.96 Å². The number of ether oxygens (including phenoxy) is 1. The molecule has 0 aliphatic rings. The first-order chi connectivity index (χ1) is 9.65. The number of halogens is 1. The first kappa shape index (κ1) is 13.1. The summed E-state index contributed by atoms with van der Waals surface area (Å²) >= 11 is 4.84. The zero-order valence-corrected chi connectivity index (χ0v) is 12.5.